The van der Waals surface area contributed by atoms with E-state index in [1.54, 1.807) is 21.8 Å². The zero-order valence-corrected chi connectivity index (χ0v) is 24.0. The lowest BCUT2D eigenvalue weighted by molar-refractivity contribution is -0.137. The number of nitrogens with one attached hydrogen (secondary N) is 4. The van der Waals surface area contributed by atoms with Crippen molar-refractivity contribution < 1.29 is 33.4 Å². The number of fused-ring (bicyclic) bond motifs is 7. The van der Waals surface area contributed by atoms with Crippen LogP contribution in [0.2, 0.25) is 0 Å². The van der Waals surface area contributed by atoms with Crippen molar-refractivity contribution in [2.45, 2.75) is 62.3 Å². The van der Waals surface area contributed by atoms with Crippen molar-refractivity contribution in [2.75, 3.05) is 44.4 Å². The lowest BCUT2D eigenvalue weighted by Gasteiger charge is -2.28. The second-order valence-corrected chi connectivity index (χ2v) is 12.8. The molecule has 2 saturated heterocycles. The maximum Gasteiger partial charge on any atom is 0.246 e. The van der Waals surface area contributed by atoms with Gasteiger partial charge < -0.3 is 35.6 Å². The van der Waals surface area contributed by atoms with Crippen LogP contribution in [0.15, 0.2) is 24.5 Å². The van der Waals surface area contributed by atoms with E-state index in [-0.39, 0.29) is 49.1 Å². The van der Waals surface area contributed by atoms with Gasteiger partial charge in [-0.25, -0.2) is 0 Å². The molecule has 0 radical (unpaired) electrons. The van der Waals surface area contributed by atoms with E-state index >= 15 is 0 Å². The van der Waals surface area contributed by atoms with E-state index in [1.807, 2.05) is 6.08 Å². The molecule has 4 rings (SSSR count). The summed E-state index contributed by atoms with van der Waals surface area (Å²) < 4.78 is 11.2. The zero-order chi connectivity index (χ0) is 28.5. The van der Waals surface area contributed by atoms with Gasteiger partial charge in [0.2, 0.25) is 29.5 Å². The summed E-state index contributed by atoms with van der Waals surface area (Å²) in [5, 5.41) is 11.1. The van der Waals surface area contributed by atoms with Gasteiger partial charge in [-0.15, -0.1) is 0 Å². The molecule has 2 bridgehead atoms. The van der Waals surface area contributed by atoms with E-state index in [2.05, 4.69) is 27.8 Å². The van der Waals surface area contributed by atoms with Gasteiger partial charge in [-0.05, 0) is 31.8 Å². The quantitative estimate of drug-likeness (QED) is 0.261. The van der Waals surface area contributed by atoms with Gasteiger partial charge in [-0.2, -0.15) is 0 Å². The van der Waals surface area contributed by atoms with Crippen LogP contribution in [0.1, 0.15) is 38.5 Å². The van der Waals surface area contributed by atoms with Gasteiger partial charge in [0.15, 0.2) is 0 Å². The predicted octanol–water partition coefficient (Wildman–Crippen LogP) is 0.00390. The fourth-order valence-electron chi connectivity index (χ4n) is 4.55. The standard InChI is InChI=1S/C26H37N5O7S2/c1-17-15-27-25(36)26(7-8-26)30-24(35)20-16-40-39-13-3-2-4-18(38-17)14-21(32)28-19(23(34)29-20)5-6-22(33)31-9-11-37-12-10-31/h2,4,18-20H,1,3,5-16H2,(H,27,36)(H,28,32)(H,29,34)(H,30,35)/b4-2+/t18-,19-,20-/m1/s1. The molecular formula is C26H37N5O7S2. The lowest BCUT2D eigenvalue weighted by atomic mass is 10.1. The first-order valence-electron chi connectivity index (χ1n) is 13.6. The Balaban J connectivity index is 1.57. The van der Waals surface area contributed by atoms with E-state index in [0.717, 1.165) is 5.75 Å². The van der Waals surface area contributed by atoms with Crippen molar-refractivity contribution in [3.8, 4) is 0 Å². The molecule has 1 spiro atoms. The van der Waals surface area contributed by atoms with Gasteiger partial charge in [0, 0.05) is 31.0 Å². The maximum atomic E-state index is 13.5. The minimum absolute atomic E-state index is 0.0283. The lowest BCUT2D eigenvalue weighted by Crippen LogP contribution is -2.58. The fraction of sp³-hybridized carbons (Fsp3) is 0.654. The van der Waals surface area contributed by atoms with E-state index in [1.165, 1.54) is 10.8 Å². The molecule has 3 aliphatic heterocycles. The first-order valence-corrected chi connectivity index (χ1v) is 16.1. The topological polar surface area (TPSA) is 155 Å². The molecule has 14 heteroatoms. The smallest absolute Gasteiger partial charge is 0.246 e. The molecule has 3 fully saturated rings. The summed E-state index contributed by atoms with van der Waals surface area (Å²) in [5.74, 6) is -0.696. The van der Waals surface area contributed by atoms with Crippen LogP contribution in [0, 0.1) is 0 Å². The van der Waals surface area contributed by atoms with Crippen molar-refractivity contribution in [1.82, 2.24) is 26.2 Å². The molecule has 40 heavy (non-hydrogen) atoms. The number of amides is 5. The highest BCUT2D eigenvalue weighted by atomic mass is 33.1. The van der Waals surface area contributed by atoms with Gasteiger partial charge >= 0.3 is 0 Å². The minimum atomic E-state index is -1.05. The van der Waals surface area contributed by atoms with Crippen LogP contribution in [-0.2, 0) is 33.4 Å². The van der Waals surface area contributed by atoms with Crippen molar-refractivity contribution in [1.29, 1.82) is 0 Å². The van der Waals surface area contributed by atoms with Crippen LogP contribution in [0.3, 0.4) is 0 Å². The number of carbonyl (C=O) groups is 5. The molecule has 0 aromatic rings. The van der Waals surface area contributed by atoms with E-state index in [4.69, 9.17) is 9.47 Å². The molecule has 0 aromatic carbocycles. The Bertz CT molecular complexity index is 1030. The number of rotatable bonds is 3. The second-order valence-electron chi connectivity index (χ2n) is 10.2. The molecule has 1 aliphatic carbocycles. The van der Waals surface area contributed by atoms with Gasteiger partial charge in [0.1, 0.15) is 29.5 Å². The summed E-state index contributed by atoms with van der Waals surface area (Å²) in [4.78, 5) is 67.3. The summed E-state index contributed by atoms with van der Waals surface area (Å²) in [6.07, 6.45) is 4.71. The summed E-state index contributed by atoms with van der Waals surface area (Å²) in [6.45, 7) is 5.78. The van der Waals surface area contributed by atoms with Gasteiger partial charge in [0.25, 0.3) is 0 Å². The van der Waals surface area contributed by atoms with Crippen molar-refractivity contribution >= 4 is 51.1 Å². The Kier molecular flexibility index (Phi) is 10.8. The third-order valence-electron chi connectivity index (χ3n) is 7.03. The van der Waals surface area contributed by atoms with Crippen LogP contribution in [-0.4, -0.2) is 103 Å². The highest BCUT2D eigenvalue weighted by Gasteiger charge is 2.52. The number of allylic oxidation sites excluding steroid dienone is 1. The highest BCUT2D eigenvalue weighted by molar-refractivity contribution is 8.76. The largest absolute Gasteiger partial charge is 0.489 e. The third-order valence-corrected chi connectivity index (χ3v) is 9.48. The molecule has 12 nitrogen and oxygen atoms in total. The third kappa shape index (κ3) is 8.64. The number of ether oxygens (including phenoxy) is 2. The maximum absolute atomic E-state index is 13.5. The normalized spacial score (nSPS) is 29.2. The molecule has 3 heterocycles. The number of carbonyl (C=O) groups excluding carboxylic acids is 5. The number of morpholine rings is 1. The second kappa shape index (κ2) is 14.3. The van der Waals surface area contributed by atoms with Crippen molar-refractivity contribution in [3.05, 3.63) is 24.5 Å². The fourth-order valence-corrected chi connectivity index (χ4v) is 6.70. The molecule has 4 aliphatic rings. The Labute approximate surface area is 241 Å². The summed E-state index contributed by atoms with van der Waals surface area (Å²) in [5.41, 5.74) is -1.04. The molecule has 0 aromatic heterocycles. The van der Waals surface area contributed by atoms with Crippen LogP contribution >= 0.6 is 21.6 Å². The van der Waals surface area contributed by atoms with Gasteiger partial charge in [-0.1, -0.05) is 34.2 Å². The first kappa shape index (κ1) is 30.3. The van der Waals surface area contributed by atoms with E-state index in [9.17, 15) is 24.0 Å². The molecular weight excluding hydrogens is 558 g/mol. The minimum Gasteiger partial charge on any atom is -0.489 e. The van der Waals surface area contributed by atoms with Crippen LogP contribution in [0.4, 0.5) is 0 Å². The molecule has 4 N–H and O–H groups in total. The van der Waals surface area contributed by atoms with E-state index < -0.39 is 41.4 Å². The Morgan fingerprint density at radius 3 is 2.62 bits per heavy atom. The summed E-state index contributed by atoms with van der Waals surface area (Å²) in [7, 11) is 3.00. The Morgan fingerprint density at radius 2 is 1.88 bits per heavy atom. The average molecular weight is 596 g/mol. The molecule has 0 unspecified atom stereocenters. The van der Waals surface area contributed by atoms with Gasteiger partial charge in [0.05, 0.1) is 26.2 Å². The molecule has 3 atom stereocenters. The molecule has 1 saturated carbocycles. The zero-order valence-electron chi connectivity index (χ0n) is 22.4. The Hall–Kier alpha value is -2.71. The van der Waals surface area contributed by atoms with E-state index in [0.29, 0.717) is 45.6 Å². The van der Waals surface area contributed by atoms with Crippen LogP contribution < -0.4 is 21.3 Å². The Morgan fingerprint density at radius 1 is 1.10 bits per heavy atom. The SMILES string of the molecule is C=C1CNC(=O)C2(CC2)NC(=O)[C@H]2CSSCC/C=C/[C@H](CC(=O)N[C@H](CCC(=O)N3CCOCC3)C(=O)N2)O1. The summed E-state index contributed by atoms with van der Waals surface area (Å²) in [6, 6.07) is -1.99. The van der Waals surface area contributed by atoms with Crippen LogP contribution in [0.5, 0.6) is 0 Å². The first-order chi connectivity index (χ1) is 19.3. The van der Waals surface area contributed by atoms with Crippen molar-refractivity contribution in [2.24, 2.45) is 0 Å². The van der Waals surface area contributed by atoms with Crippen molar-refractivity contribution in [3.63, 3.8) is 0 Å². The monoisotopic (exact) mass is 595 g/mol. The molecule has 220 valence electrons. The molecule has 5 amide bonds. The number of hydrogen-bond acceptors (Lipinski definition) is 9. The van der Waals surface area contributed by atoms with Gasteiger partial charge in [-0.3, -0.25) is 24.0 Å². The number of nitrogens with zero attached hydrogens (tertiary/aromatic N) is 1. The number of hydrogen-bond donors (Lipinski definition) is 4. The summed E-state index contributed by atoms with van der Waals surface area (Å²) >= 11 is 0. The predicted molar refractivity (Wildman–Crippen MR) is 151 cm³/mol. The average Bonchev–Trinajstić information content (AvgIpc) is 3.72. The highest BCUT2D eigenvalue weighted by Crippen LogP contribution is 2.36. The van der Waals surface area contributed by atoms with Crippen LogP contribution in [0.25, 0.3) is 0 Å².